The van der Waals surface area contributed by atoms with Crippen molar-refractivity contribution in [3.05, 3.63) is 482 Å². The smallest absolute Gasteiger partial charge is 0.0584 e. The van der Waals surface area contributed by atoms with Crippen LogP contribution in [0, 0.1) is 0 Å². The Labute approximate surface area is 732 Å². The first-order chi connectivity index (χ1) is 61.3. The molecule has 4 heteroatoms. The molecule has 0 fully saturated rings. The number of fused-ring (bicyclic) bond motifs is 13. The predicted molar refractivity (Wildman–Crippen MR) is 527 cm³/mol. The maximum Gasteiger partial charge on any atom is 0.0584 e. The zero-order valence-corrected chi connectivity index (χ0v) is 71.0. The highest BCUT2D eigenvalue weighted by molar-refractivity contribution is 6.03. The maximum atomic E-state index is 2.50. The van der Waals surface area contributed by atoms with E-state index in [4.69, 9.17) is 0 Å². The minimum Gasteiger partial charge on any atom is -0.311 e. The van der Waals surface area contributed by atoms with Gasteiger partial charge in [-0.3, -0.25) is 0 Å². The molecule has 0 saturated carbocycles. The fourth-order valence-corrected chi connectivity index (χ4v) is 20.5. The second-order valence-electron chi connectivity index (χ2n) is 35.2. The summed E-state index contributed by atoms with van der Waals surface area (Å²) in [6, 6.07) is 164. The van der Waals surface area contributed by atoms with Gasteiger partial charge in [-0.05, 0) is 244 Å². The summed E-state index contributed by atoms with van der Waals surface area (Å²) in [5.74, 6) is 0. The third-order valence-electron chi connectivity index (χ3n) is 26.8. The SMILES string of the molecule is CC1(C)c2ccccc2-c2c1c1cc(-c3ccc(N(c4ccc(-c5ccccc5)cc4)c4ccc(-c5ccccc5)cc4)cc3)ccc1n2-c1ccc(-c2ccccc2)cc1.CC1(C)c2ccccc2-c2ccc(N(c3ccc(-c4ccccc4)cc3)c3ccc(-c4ccc5c(c4)c4c(n5-c5ccc(-c6ccccc6)cc5)-c5ccccc5C4(C)C)cc3)cc21. The number of hydrogen-bond donors (Lipinski definition) is 0. The zero-order chi connectivity index (χ0) is 84.1. The molecule has 0 radical (unpaired) electrons. The summed E-state index contributed by atoms with van der Waals surface area (Å²) in [4.78, 5) is 4.77. The number of hydrogen-bond acceptors (Lipinski definition) is 2. The van der Waals surface area contributed by atoms with Crippen LogP contribution in [-0.2, 0) is 16.2 Å². The van der Waals surface area contributed by atoms with Gasteiger partial charge in [0.05, 0.1) is 22.4 Å². The Kier molecular flexibility index (Phi) is 18.6. The molecule has 3 aliphatic carbocycles. The van der Waals surface area contributed by atoms with E-state index < -0.39 is 0 Å². The second kappa shape index (κ2) is 30.7. The summed E-state index contributed by atoms with van der Waals surface area (Å²) in [7, 11) is 0. The third-order valence-corrected chi connectivity index (χ3v) is 26.8. The Bertz CT molecular complexity index is 7350. The van der Waals surface area contributed by atoms with Crippen LogP contribution < -0.4 is 9.80 Å². The molecule has 2 heterocycles. The second-order valence-corrected chi connectivity index (χ2v) is 35.2. The lowest BCUT2D eigenvalue weighted by atomic mass is 9.81. The summed E-state index contributed by atoms with van der Waals surface area (Å²) < 4.78 is 4.99. The van der Waals surface area contributed by atoms with Crippen molar-refractivity contribution in [2.45, 2.75) is 57.8 Å². The number of benzene rings is 18. The van der Waals surface area contributed by atoms with Crippen molar-refractivity contribution in [3.8, 4) is 123 Å². The molecule has 2 aromatic heterocycles. The highest BCUT2D eigenvalue weighted by Crippen LogP contribution is 2.58. The minimum atomic E-state index is -0.162. The summed E-state index contributed by atoms with van der Waals surface area (Å²) in [6.45, 7) is 14.3. The van der Waals surface area contributed by atoms with Crippen molar-refractivity contribution in [1.82, 2.24) is 9.13 Å². The van der Waals surface area contributed by atoms with Crippen molar-refractivity contribution >= 4 is 55.9 Å². The van der Waals surface area contributed by atoms with Crippen molar-refractivity contribution < 1.29 is 0 Å². The van der Waals surface area contributed by atoms with Crippen LogP contribution in [-0.4, -0.2) is 9.13 Å². The highest BCUT2D eigenvalue weighted by Gasteiger charge is 2.43. The quantitative estimate of drug-likeness (QED) is 0.102. The Hall–Kier alpha value is -15.4. The Morgan fingerprint density at radius 3 is 0.728 bits per heavy atom. The first-order valence-electron chi connectivity index (χ1n) is 43.7. The summed E-state index contributed by atoms with van der Waals surface area (Å²) in [5.41, 5.74) is 44.2. The molecule has 3 aliphatic rings. The van der Waals surface area contributed by atoms with Crippen molar-refractivity contribution in [1.29, 1.82) is 0 Å². The molecule has 23 rings (SSSR count). The summed E-state index contributed by atoms with van der Waals surface area (Å²) in [5, 5.41) is 2.59. The van der Waals surface area contributed by atoms with Gasteiger partial charge in [0, 0.05) is 83.6 Å². The van der Waals surface area contributed by atoms with E-state index in [0.717, 1.165) is 34.1 Å². The first-order valence-corrected chi connectivity index (χ1v) is 43.7. The van der Waals surface area contributed by atoms with Crippen molar-refractivity contribution in [3.63, 3.8) is 0 Å². The fourth-order valence-electron chi connectivity index (χ4n) is 20.5. The van der Waals surface area contributed by atoms with E-state index in [1.807, 2.05) is 0 Å². The summed E-state index contributed by atoms with van der Waals surface area (Å²) >= 11 is 0. The third kappa shape index (κ3) is 13.1. The van der Waals surface area contributed by atoms with Crippen LogP contribution in [0.5, 0.6) is 0 Å². The van der Waals surface area contributed by atoms with E-state index in [1.165, 1.54) is 178 Å². The van der Waals surface area contributed by atoms with Gasteiger partial charge in [-0.15, -0.1) is 0 Å². The normalized spacial score (nSPS) is 13.2. The minimum absolute atomic E-state index is 0.103. The Morgan fingerprint density at radius 1 is 0.176 bits per heavy atom. The van der Waals surface area contributed by atoms with Gasteiger partial charge in [-0.25, -0.2) is 0 Å². The van der Waals surface area contributed by atoms with Gasteiger partial charge in [-0.1, -0.05) is 369 Å². The van der Waals surface area contributed by atoms with E-state index >= 15 is 0 Å². The van der Waals surface area contributed by atoms with E-state index in [0.29, 0.717) is 0 Å². The molecular formula is C121H92N4. The lowest BCUT2D eigenvalue weighted by Gasteiger charge is -2.28. The van der Waals surface area contributed by atoms with E-state index in [2.05, 4.69) is 509 Å². The van der Waals surface area contributed by atoms with Crippen LogP contribution >= 0.6 is 0 Å². The monoisotopic (exact) mass is 1600 g/mol. The van der Waals surface area contributed by atoms with Crippen LogP contribution in [0.2, 0.25) is 0 Å². The molecule has 20 aromatic rings. The Morgan fingerprint density at radius 2 is 0.408 bits per heavy atom. The van der Waals surface area contributed by atoms with Gasteiger partial charge in [0.2, 0.25) is 0 Å². The number of nitrogens with zero attached hydrogens (tertiary/aromatic N) is 4. The standard InChI is InChI=1S/C62H48N2.C59H44N2/c1-61(2)55-21-13-11-19-51(55)52-37-36-50(40-57(52)61)63(47-30-23-43(24-31-47)41-15-7-5-8-16-41)48-32-27-45(28-33-48)46-29-38-58-54(39-46)59-60(53-20-12-14-22-56(53)62(59,3)4)64(58)49-34-25-44(26-35-49)42-17-9-6-10-18-42;1-59(2)55-21-13-12-20-53(55)58-57(59)54-40-48(30-39-56(54)61(58)52-37-26-46(27-38-52)43-18-10-5-11-19-43)47-28-35-51(36-29-47)60(49-31-22-44(23-32-49)41-14-6-3-7-15-41)50-33-24-45(25-34-50)42-16-8-4-9-17-42/h5-40H,1-4H3;3-40H,1-2H3. The molecule has 0 amide bonds. The van der Waals surface area contributed by atoms with Gasteiger partial charge in [0.15, 0.2) is 0 Å². The fraction of sp³-hybridized carbons (Fsp3) is 0.0744. The molecule has 0 atom stereocenters. The van der Waals surface area contributed by atoms with Gasteiger partial charge in [0.25, 0.3) is 0 Å². The average molecular weight is 1600 g/mol. The van der Waals surface area contributed by atoms with E-state index in [1.54, 1.807) is 0 Å². The molecular weight excluding hydrogens is 1510 g/mol. The Balaban J connectivity index is 0.000000148. The van der Waals surface area contributed by atoms with Gasteiger partial charge in [-0.2, -0.15) is 0 Å². The predicted octanol–water partition coefficient (Wildman–Crippen LogP) is 32.8. The van der Waals surface area contributed by atoms with Gasteiger partial charge in [0.1, 0.15) is 0 Å². The molecule has 4 nitrogen and oxygen atoms in total. The molecule has 0 unspecified atom stereocenters. The van der Waals surface area contributed by atoms with E-state index in [9.17, 15) is 0 Å². The number of anilines is 6. The maximum absolute atomic E-state index is 2.50. The first kappa shape index (κ1) is 75.8. The number of rotatable bonds is 15. The lowest BCUT2D eigenvalue weighted by Crippen LogP contribution is -2.16. The molecule has 0 N–H and O–H groups in total. The molecule has 596 valence electrons. The van der Waals surface area contributed by atoms with Crippen molar-refractivity contribution in [2.75, 3.05) is 9.80 Å². The molecule has 0 bridgehead atoms. The van der Waals surface area contributed by atoms with Crippen LogP contribution in [0.1, 0.15) is 74.9 Å². The lowest BCUT2D eigenvalue weighted by molar-refractivity contribution is 0.660. The van der Waals surface area contributed by atoms with Crippen molar-refractivity contribution in [2.24, 2.45) is 0 Å². The van der Waals surface area contributed by atoms with Crippen LogP contribution in [0.15, 0.2) is 449 Å². The molecule has 0 aliphatic heterocycles. The topological polar surface area (TPSA) is 16.3 Å². The van der Waals surface area contributed by atoms with Crippen LogP contribution in [0.4, 0.5) is 34.1 Å². The molecule has 125 heavy (non-hydrogen) atoms. The number of aromatic nitrogens is 2. The van der Waals surface area contributed by atoms with Gasteiger partial charge >= 0.3 is 0 Å². The van der Waals surface area contributed by atoms with Gasteiger partial charge < -0.3 is 18.9 Å². The molecule has 0 saturated heterocycles. The van der Waals surface area contributed by atoms with Crippen LogP contribution in [0.3, 0.4) is 0 Å². The molecule has 18 aromatic carbocycles. The molecule has 0 spiro atoms. The summed E-state index contributed by atoms with van der Waals surface area (Å²) in [6.07, 6.45) is 0. The van der Waals surface area contributed by atoms with E-state index in [-0.39, 0.29) is 16.2 Å². The zero-order valence-electron chi connectivity index (χ0n) is 71.0. The largest absolute Gasteiger partial charge is 0.311 e. The van der Waals surface area contributed by atoms with Crippen LogP contribution in [0.25, 0.3) is 145 Å². The average Bonchev–Trinajstić information content (AvgIpc) is 1.54. The highest BCUT2D eigenvalue weighted by atomic mass is 15.1.